The summed E-state index contributed by atoms with van der Waals surface area (Å²) in [4.78, 5) is 14.0. The smallest absolute Gasteiger partial charge is 0.322 e. The number of hydrogen-bond acceptors (Lipinski definition) is 8. The fraction of sp³-hybridized carbons (Fsp3) is 0.381. The van der Waals surface area contributed by atoms with Crippen LogP contribution in [0.1, 0.15) is 31.2 Å². The van der Waals surface area contributed by atoms with Crippen molar-refractivity contribution in [1.29, 1.82) is 0 Å². The van der Waals surface area contributed by atoms with Crippen molar-refractivity contribution in [1.82, 2.24) is 14.5 Å². The number of thiophene rings is 1. The number of nitrogens with zero attached hydrogens (tertiary/aromatic N) is 3. The first-order chi connectivity index (χ1) is 15.8. The van der Waals surface area contributed by atoms with Gasteiger partial charge in [0.2, 0.25) is 11.8 Å². The maximum absolute atomic E-state index is 12.9. The van der Waals surface area contributed by atoms with E-state index in [0.717, 1.165) is 22.7 Å². The summed E-state index contributed by atoms with van der Waals surface area (Å²) in [6.07, 6.45) is 1.61. The summed E-state index contributed by atoms with van der Waals surface area (Å²) in [7, 11) is -3.68. The number of sulfonamides is 1. The van der Waals surface area contributed by atoms with Crippen molar-refractivity contribution in [3.05, 3.63) is 52.2 Å². The standard InChI is InChI=1S/C21H23ClN4O4S3/c1-2-31-16-7-5-14(6-8-16)12-18-24-25-21(30-18)23-20(27)15-4-3-11-26(13-15)33(28,29)19-10-9-17(22)32-19/h5-10,15H,2-4,11-13H2,1H3,(H,23,25,27). The number of rotatable bonds is 8. The molecule has 1 aliphatic heterocycles. The van der Waals surface area contributed by atoms with Gasteiger partial charge < -0.3 is 4.42 Å². The second kappa shape index (κ2) is 10.6. The predicted molar refractivity (Wildman–Crippen MR) is 129 cm³/mol. The molecule has 8 nitrogen and oxygen atoms in total. The molecule has 1 saturated heterocycles. The second-order valence-corrected chi connectivity index (χ2v) is 12.7. The van der Waals surface area contributed by atoms with Crippen molar-refractivity contribution in [2.24, 2.45) is 5.92 Å². The van der Waals surface area contributed by atoms with E-state index in [9.17, 15) is 13.2 Å². The lowest BCUT2D eigenvalue weighted by Gasteiger charge is -2.30. The minimum absolute atomic E-state index is 0.0122. The van der Waals surface area contributed by atoms with E-state index < -0.39 is 15.9 Å². The molecule has 0 bridgehead atoms. The van der Waals surface area contributed by atoms with Crippen LogP contribution in [-0.2, 0) is 21.2 Å². The van der Waals surface area contributed by atoms with Gasteiger partial charge in [0.25, 0.3) is 10.0 Å². The van der Waals surface area contributed by atoms with Crippen molar-refractivity contribution < 1.29 is 17.6 Å². The molecule has 4 rings (SSSR count). The van der Waals surface area contributed by atoms with Crippen LogP contribution in [0.4, 0.5) is 6.01 Å². The van der Waals surface area contributed by atoms with Gasteiger partial charge in [-0.05, 0) is 48.4 Å². The third-order valence-electron chi connectivity index (χ3n) is 5.18. The highest BCUT2D eigenvalue weighted by atomic mass is 35.5. The third kappa shape index (κ3) is 5.96. The SMILES string of the molecule is CCSc1ccc(Cc2nnc(NC(=O)C3CCCN(S(=O)(=O)c4ccc(Cl)s4)C3)o2)cc1. The normalized spacial score (nSPS) is 17.2. The van der Waals surface area contributed by atoms with E-state index in [1.165, 1.54) is 15.3 Å². The average Bonchev–Trinajstić information content (AvgIpc) is 3.44. The molecule has 1 aliphatic rings. The topological polar surface area (TPSA) is 105 Å². The number of amides is 1. The lowest BCUT2D eigenvalue weighted by atomic mass is 9.99. The number of carbonyl (C=O) groups excluding carboxylic acids is 1. The Hall–Kier alpha value is -1.92. The Morgan fingerprint density at radius 2 is 2.06 bits per heavy atom. The Balaban J connectivity index is 1.36. The molecule has 1 fully saturated rings. The summed E-state index contributed by atoms with van der Waals surface area (Å²) >= 11 is 8.67. The van der Waals surface area contributed by atoms with Gasteiger partial charge in [-0.1, -0.05) is 35.8 Å². The predicted octanol–water partition coefficient (Wildman–Crippen LogP) is 4.53. The van der Waals surface area contributed by atoms with E-state index in [1.807, 2.05) is 12.1 Å². The minimum Gasteiger partial charge on any atom is -0.407 e. The van der Waals surface area contributed by atoms with Crippen LogP contribution in [0.15, 0.2) is 49.9 Å². The molecule has 0 aliphatic carbocycles. The largest absolute Gasteiger partial charge is 0.407 e. The number of halogens is 1. The number of thioether (sulfide) groups is 1. The molecule has 1 unspecified atom stereocenters. The van der Waals surface area contributed by atoms with Crippen LogP contribution in [0.2, 0.25) is 4.34 Å². The lowest BCUT2D eigenvalue weighted by Crippen LogP contribution is -2.43. The minimum atomic E-state index is -3.68. The summed E-state index contributed by atoms with van der Waals surface area (Å²) < 4.78 is 33.2. The van der Waals surface area contributed by atoms with Crippen molar-refractivity contribution >= 4 is 56.6 Å². The number of anilines is 1. The Kier molecular flexibility index (Phi) is 7.75. The van der Waals surface area contributed by atoms with Crippen LogP contribution in [0.3, 0.4) is 0 Å². The molecule has 2 aromatic heterocycles. The van der Waals surface area contributed by atoms with Gasteiger partial charge in [-0.3, -0.25) is 10.1 Å². The quantitative estimate of drug-likeness (QED) is 0.430. The van der Waals surface area contributed by atoms with Crippen molar-refractivity contribution in [3.8, 4) is 0 Å². The van der Waals surface area contributed by atoms with Crippen molar-refractivity contribution in [2.45, 2.75) is 35.3 Å². The Morgan fingerprint density at radius 3 is 2.76 bits per heavy atom. The highest BCUT2D eigenvalue weighted by Crippen LogP contribution is 2.31. The van der Waals surface area contributed by atoms with Crippen LogP contribution in [0, 0.1) is 5.92 Å². The molecular formula is C21H23ClN4O4S3. The molecule has 3 heterocycles. The van der Waals surface area contributed by atoms with Gasteiger partial charge in [0, 0.05) is 18.0 Å². The first kappa shape index (κ1) is 24.2. The molecule has 0 radical (unpaired) electrons. The molecular weight excluding hydrogens is 504 g/mol. The molecule has 0 spiro atoms. The van der Waals surface area contributed by atoms with E-state index in [0.29, 0.717) is 36.0 Å². The van der Waals surface area contributed by atoms with Gasteiger partial charge in [0.05, 0.1) is 16.7 Å². The highest BCUT2D eigenvalue weighted by Gasteiger charge is 2.34. The number of benzene rings is 1. The van der Waals surface area contributed by atoms with Crippen LogP contribution in [0.25, 0.3) is 0 Å². The second-order valence-electron chi connectivity index (χ2n) is 7.50. The average molecular weight is 527 g/mol. The number of nitrogens with one attached hydrogen (secondary N) is 1. The molecule has 1 aromatic carbocycles. The van der Waals surface area contributed by atoms with E-state index in [-0.39, 0.29) is 22.7 Å². The van der Waals surface area contributed by atoms with Crippen LogP contribution >= 0.6 is 34.7 Å². The van der Waals surface area contributed by atoms with Gasteiger partial charge in [-0.2, -0.15) is 4.31 Å². The fourth-order valence-electron chi connectivity index (χ4n) is 3.57. The van der Waals surface area contributed by atoms with Gasteiger partial charge in [0.1, 0.15) is 4.21 Å². The monoisotopic (exact) mass is 526 g/mol. The Labute approximate surface area is 205 Å². The molecule has 33 heavy (non-hydrogen) atoms. The molecule has 1 atom stereocenters. The molecule has 3 aromatic rings. The summed E-state index contributed by atoms with van der Waals surface area (Å²) in [5.41, 5.74) is 1.03. The lowest BCUT2D eigenvalue weighted by molar-refractivity contribution is -0.121. The zero-order valence-electron chi connectivity index (χ0n) is 17.9. The number of piperidine rings is 1. The molecule has 176 valence electrons. The summed E-state index contributed by atoms with van der Waals surface area (Å²) in [6.45, 7) is 2.56. The molecule has 0 saturated carbocycles. The van der Waals surface area contributed by atoms with Gasteiger partial charge in [-0.25, -0.2) is 8.42 Å². The van der Waals surface area contributed by atoms with Crippen LogP contribution in [0.5, 0.6) is 0 Å². The van der Waals surface area contributed by atoms with E-state index >= 15 is 0 Å². The summed E-state index contributed by atoms with van der Waals surface area (Å²) in [5, 5.41) is 10.6. The summed E-state index contributed by atoms with van der Waals surface area (Å²) in [6, 6.07) is 11.2. The zero-order valence-corrected chi connectivity index (χ0v) is 21.1. The zero-order chi connectivity index (χ0) is 23.4. The third-order valence-corrected chi connectivity index (χ3v) is 9.64. The molecule has 1 amide bonds. The molecule has 1 N–H and O–H groups in total. The Morgan fingerprint density at radius 1 is 1.27 bits per heavy atom. The van der Waals surface area contributed by atoms with E-state index in [2.05, 4.69) is 34.6 Å². The first-order valence-electron chi connectivity index (χ1n) is 10.5. The number of hydrogen-bond donors (Lipinski definition) is 1. The number of carbonyl (C=O) groups is 1. The van der Waals surface area contributed by atoms with Crippen LogP contribution < -0.4 is 5.32 Å². The molecule has 12 heteroatoms. The van der Waals surface area contributed by atoms with Crippen molar-refractivity contribution in [3.63, 3.8) is 0 Å². The van der Waals surface area contributed by atoms with Gasteiger partial charge in [-0.15, -0.1) is 28.2 Å². The number of aromatic nitrogens is 2. The first-order valence-corrected chi connectivity index (χ1v) is 14.1. The van der Waals surface area contributed by atoms with Gasteiger partial charge in [0.15, 0.2) is 0 Å². The van der Waals surface area contributed by atoms with Crippen molar-refractivity contribution in [2.75, 3.05) is 24.2 Å². The maximum Gasteiger partial charge on any atom is 0.322 e. The fourth-order valence-corrected chi connectivity index (χ4v) is 7.39. The van der Waals surface area contributed by atoms with E-state index in [4.69, 9.17) is 16.0 Å². The summed E-state index contributed by atoms with van der Waals surface area (Å²) in [5.74, 6) is 0.556. The van der Waals surface area contributed by atoms with Gasteiger partial charge >= 0.3 is 6.01 Å². The van der Waals surface area contributed by atoms with E-state index in [1.54, 1.807) is 17.8 Å². The Bertz CT molecular complexity index is 1210. The van der Waals surface area contributed by atoms with Crippen LogP contribution in [-0.4, -0.2) is 47.7 Å². The maximum atomic E-state index is 12.9. The highest BCUT2D eigenvalue weighted by molar-refractivity contribution is 7.99.